The minimum Gasteiger partial charge on any atom is -0.341 e. The van der Waals surface area contributed by atoms with Crippen LogP contribution >= 0.6 is 0 Å². The molecule has 0 radical (unpaired) electrons. The fourth-order valence-corrected chi connectivity index (χ4v) is 2.09. The van der Waals surface area contributed by atoms with Crippen LogP contribution in [0.1, 0.15) is 25.6 Å². The number of hydrogen-bond donors (Lipinski definition) is 1. The van der Waals surface area contributed by atoms with Crippen molar-refractivity contribution in [1.82, 2.24) is 20.1 Å². The van der Waals surface area contributed by atoms with Crippen molar-refractivity contribution in [3.63, 3.8) is 0 Å². The second-order valence-electron chi connectivity index (χ2n) is 3.88. The van der Waals surface area contributed by atoms with Gasteiger partial charge in [0.05, 0.1) is 6.54 Å². The number of aromatic nitrogens is 3. The lowest BCUT2D eigenvalue weighted by Crippen LogP contribution is -2.23. The second-order valence-corrected chi connectivity index (χ2v) is 3.88. The van der Waals surface area contributed by atoms with Gasteiger partial charge in [0.15, 0.2) is 0 Å². The van der Waals surface area contributed by atoms with E-state index in [2.05, 4.69) is 31.9 Å². The highest BCUT2D eigenvalue weighted by atomic mass is 15.4. The molecule has 0 atom stereocenters. The summed E-state index contributed by atoms with van der Waals surface area (Å²) in [6.45, 7) is 6.11. The topological polar surface area (TPSA) is 46.0 Å². The number of nitrogens with zero attached hydrogens (tertiary/aromatic N) is 4. The molecule has 84 valence electrons. The number of nitrogens with one attached hydrogen (secondary N) is 1. The summed E-state index contributed by atoms with van der Waals surface area (Å²) in [6, 6.07) is 0. The summed E-state index contributed by atoms with van der Waals surface area (Å²) < 4.78 is 2.20. The summed E-state index contributed by atoms with van der Waals surface area (Å²) >= 11 is 0. The smallest absolute Gasteiger partial charge is 0.227 e. The maximum atomic E-state index is 4.29. The molecular weight excluding hydrogens is 190 g/mol. The molecule has 1 aliphatic rings. The van der Waals surface area contributed by atoms with Crippen LogP contribution in [0.4, 0.5) is 5.95 Å². The average molecular weight is 209 g/mol. The summed E-state index contributed by atoms with van der Waals surface area (Å²) in [7, 11) is 1.93. The predicted molar refractivity (Wildman–Crippen MR) is 59.9 cm³/mol. The first-order valence-corrected chi connectivity index (χ1v) is 5.68. The van der Waals surface area contributed by atoms with Crippen molar-refractivity contribution in [2.24, 2.45) is 0 Å². The highest BCUT2D eigenvalue weighted by Crippen LogP contribution is 2.18. The van der Waals surface area contributed by atoms with E-state index in [1.165, 1.54) is 12.8 Å². The Morgan fingerprint density at radius 1 is 1.27 bits per heavy atom. The number of rotatable bonds is 4. The van der Waals surface area contributed by atoms with Crippen molar-refractivity contribution >= 4 is 5.95 Å². The van der Waals surface area contributed by atoms with Gasteiger partial charge in [-0.2, -0.15) is 0 Å². The first kappa shape index (κ1) is 10.4. The normalized spacial score (nSPS) is 16.3. The van der Waals surface area contributed by atoms with Gasteiger partial charge in [-0.05, 0) is 26.8 Å². The summed E-state index contributed by atoms with van der Waals surface area (Å²) in [5.41, 5.74) is 0. The van der Waals surface area contributed by atoms with Gasteiger partial charge in [-0.25, -0.2) is 0 Å². The van der Waals surface area contributed by atoms with Crippen LogP contribution in [0.15, 0.2) is 0 Å². The van der Waals surface area contributed by atoms with Crippen LogP contribution < -0.4 is 10.2 Å². The quantitative estimate of drug-likeness (QED) is 0.789. The Balaban J connectivity index is 2.22. The van der Waals surface area contributed by atoms with E-state index < -0.39 is 0 Å². The van der Waals surface area contributed by atoms with Gasteiger partial charge in [0.2, 0.25) is 5.95 Å². The van der Waals surface area contributed by atoms with Gasteiger partial charge in [0, 0.05) is 19.6 Å². The largest absolute Gasteiger partial charge is 0.341 e. The highest BCUT2D eigenvalue weighted by molar-refractivity contribution is 5.32. The maximum absolute atomic E-state index is 4.29. The van der Waals surface area contributed by atoms with E-state index in [0.29, 0.717) is 0 Å². The number of hydrogen-bond acceptors (Lipinski definition) is 4. The molecule has 1 aromatic heterocycles. The third kappa shape index (κ3) is 1.97. The molecule has 0 saturated carbocycles. The van der Waals surface area contributed by atoms with E-state index in [9.17, 15) is 0 Å². The molecule has 5 nitrogen and oxygen atoms in total. The summed E-state index contributed by atoms with van der Waals surface area (Å²) in [5, 5.41) is 11.6. The molecule has 2 heterocycles. The van der Waals surface area contributed by atoms with Gasteiger partial charge in [-0.1, -0.05) is 0 Å². The van der Waals surface area contributed by atoms with E-state index in [-0.39, 0.29) is 0 Å². The third-order valence-electron chi connectivity index (χ3n) is 2.85. The van der Waals surface area contributed by atoms with Crippen molar-refractivity contribution in [2.45, 2.75) is 32.9 Å². The molecule has 15 heavy (non-hydrogen) atoms. The van der Waals surface area contributed by atoms with E-state index >= 15 is 0 Å². The molecule has 1 aliphatic heterocycles. The van der Waals surface area contributed by atoms with Crippen molar-refractivity contribution in [3.05, 3.63) is 5.82 Å². The fraction of sp³-hybridized carbons (Fsp3) is 0.800. The van der Waals surface area contributed by atoms with Crippen molar-refractivity contribution in [2.75, 3.05) is 25.0 Å². The van der Waals surface area contributed by atoms with Gasteiger partial charge in [0.25, 0.3) is 0 Å². The molecule has 0 aromatic carbocycles. The zero-order chi connectivity index (χ0) is 10.7. The van der Waals surface area contributed by atoms with E-state index in [1.807, 2.05) is 7.05 Å². The molecule has 1 fully saturated rings. The molecule has 0 unspecified atom stereocenters. The first-order valence-electron chi connectivity index (χ1n) is 5.68. The zero-order valence-electron chi connectivity index (χ0n) is 9.53. The molecular formula is C10H19N5. The van der Waals surface area contributed by atoms with Crippen molar-refractivity contribution in [1.29, 1.82) is 0 Å². The Labute approximate surface area is 90.5 Å². The Kier molecular flexibility index (Phi) is 3.20. The molecule has 0 bridgehead atoms. The SMILES string of the molecule is CCn1c(CNC)nnc1N1CCCC1. The molecule has 0 amide bonds. The summed E-state index contributed by atoms with van der Waals surface area (Å²) in [6.07, 6.45) is 2.55. The monoisotopic (exact) mass is 209 g/mol. The van der Waals surface area contributed by atoms with Gasteiger partial charge in [-0.3, -0.25) is 4.57 Å². The maximum Gasteiger partial charge on any atom is 0.227 e. The Morgan fingerprint density at radius 2 is 2.00 bits per heavy atom. The van der Waals surface area contributed by atoms with Crippen LogP contribution in [0.25, 0.3) is 0 Å². The third-order valence-corrected chi connectivity index (χ3v) is 2.85. The van der Waals surface area contributed by atoms with Crippen LogP contribution in [-0.2, 0) is 13.1 Å². The van der Waals surface area contributed by atoms with Gasteiger partial charge in [-0.15, -0.1) is 10.2 Å². The standard InChI is InChI=1S/C10H19N5/c1-3-15-9(8-11-2)12-13-10(15)14-6-4-5-7-14/h11H,3-8H2,1-2H3. The summed E-state index contributed by atoms with van der Waals surface area (Å²) in [4.78, 5) is 2.33. The van der Waals surface area contributed by atoms with E-state index in [0.717, 1.165) is 38.0 Å². The predicted octanol–water partition coefficient (Wildman–Crippen LogP) is 0.618. The lowest BCUT2D eigenvalue weighted by Gasteiger charge is -2.17. The lowest BCUT2D eigenvalue weighted by atomic mass is 10.4. The lowest BCUT2D eigenvalue weighted by molar-refractivity contribution is 0.650. The molecule has 1 N–H and O–H groups in total. The molecule has 0 spiro atoms. The minimum atomic E-state index is 0.786. The first-order chi connectivity index (χ1) is 7.36. The van der Waals surface area contributed by atoms with Crippen molar-refractivity contribution in [3.8, 4) is 0 Å². The molecule has 5 heteroatoms. The van der Waals surface area contributed by atoms with Gasteiger partial charge in [0.1, 0.15) is 5.82 Å². The average Bonchev–Trinajstić information content (AvgIpc) is 2.85. The molecule has 0 aliphatic carbocycles. The van der Waals surface area contributed by atoms with Gasteiger partial charge >= 0.3 is 0 Å². The van der Waals surface area contributed by atoms with Crippen LogP contribution in [0.2, 0.25) is 0 Å². The van der Waals surface area contributed by atoms with E-state index in [1.54, 1.807) is 0 Å². The Morgan fingerprint density at radius 3 is 2.60 bits per heavy atom. The van der Waals surface area contributed by atoms with Gasteiger partial charge < -0.3 is 10.2 Å². The highest BCUT2D eigenvalue weighted by Gasteiger charge is 2.19. The summed E-state index contributed by atoms with van der Waals surface area (Å²) in [5.74, 6) is 2.07. The van der Waals surface area contributed by atoms with Crippen LogP contribution in [0.5, 0.6) is 0 Å². The molecule has 1 aromatic rings. The Hall–Kier alpha value is -1.10. The van der Waals surface area contributed by atoms with Crippen molar-refractivity contribution < 1.29 is 0 Å². The second kappa shape index (κ2) is 4.61. The van der Waals surface area contributed by atoms with Crippen LogP contribution in [-0.4, -0.2) is 34.9 Å². The number of anilines is 1. The van der Waals surface area contributed by atoms with E-state index in [4.69, 9.17) is 0 Å². The zero-order valence-corrected chi connectivity index (χ0v) is 9.53. The van der Waals surface area contributed by atoms with Crippen LogP contribution in [0, 0.1) is 0 Å². The fourth-order valence-electron chi connectivity index (χ4n) is 2.09. The minimum absolute atomic E-state index is 0.786. The molecule has 1 saturated heterocycles. The van der Waals surface area contributed by atoms with Crippen LogP contribution in [0.3, 0.4) is 0 Å². The Bertz CT molecular complexity index is 314. The molecule has 2 rings (SSSR count).